The first-order valence-electron chi connectivity index (χ1n) is 12.1. The number of rotatable bonds is 9. The van der Waals surface area contributed by atoms with Crippen molar-refractivity contribution in [2.75, 3.05) is 6.61 Å². The molecule has 4 aromatic rings. The smallest absolute Gasteiger partial charge is 0.282 e. The number of hydrogen-bond acceptors (Lipinski definition) is 5. The zero-order valence-electron chi connectivity index (χ0n) is 21.3. The molecule has 0 fully saturated rings. The van der Waals surface area contributed by atoms with Gasteiger partial charge in [-0.1, -0.05) is 70.6 Å². The van der Waals surface area contributed by atoms with Crippen LogP contribution in [0.25, 0.3) is 10.9 Å². The minimum absolute atomic E-state index is 0.00561. The van der Waals surface area contributed by atoms with E-state index >= 15 is 0 Å². The van der Waals surface area contributed by atoms with E-state index in [2.05, 4.69) is 37.0 Å². The van der Waals surface area contributed by atoms with Gasteiger partial charge in [-0.25, -0.2) is 4.98 Å². The Hall–Kier alpha value is -2.10. The second-order valence-corrected chi connectivity index (χ2v) is 11.6. The Labute approximate surface area is 258 Å². The second-order valence-electron chi connectivity index (χ2n) is 8.69. The highest BCUT2D eigenvalue weighted by Gasteiger charge is 2.19. The molecule has 0 saturated heterocycles. The van der Waals surface area contributed by atoms with Gasteiger partial charge < -0.3 is 9.47 Å². The number of nitrogens with zero attached hydrogens (tertiary/aromatic N) is 3. The Kier molecular flexibility index (Phi) is 9.99. The van der Waals surface area contributed by atoms with Crippen molar-refractivity contribution < 1.29 is 9.47 Å². The maximum absolute atomic E-state index is 13.5. The molecule has 11 heteroatoms. The quantitative estimate of drug-likeness (QED) is 0.162. The number of benzene rings is 3. The SMILES string of the molecule is CCOc1cc(C=Nn2c([C@@H](C)CC)nc3ccc(Br)cc3c2=O)c(Br)c(Cl)c1OCc1ccc(Cl)c(Cl)c1. The highest BCUT2D eigenvalue weighted by atomic mass is 79.9. The summed E-state index contributed by atoms with van der Waals surface area (Å²) < 4.78 is 14.6. The van der Waals surface area contributed by atoms with E-state index in [4.69, 9.17) is 49.3 Å². The van der Waals surface area contributed by atoms with Crippen LogP contribution in [0, 0.1) is 0 Å². The monoisotopic (exact) mass is 713 g/mol. The van der Waals surface area contributed by atoms with Gasteiger partial charge in [-0.2, -0.15) is 9.78 Å². The van der Waals surface area contributed by atoms with E-state index in [0.29, 0.717) is 59.9 Å². The number of aromatic nitrogens is 2. The fraction of sp³-hybridized carbons (Fsp3) is 0.250. The summed E-state index contributed by atoms with van der Waals surface area (Å²) in [4.78, 5) is 18.2. The van der Waals surface area contributed by atoms with Crippen LogP contribution in [0.1, 0.15) is 50.1 Å². The first kappa shape index (κ1) is 29.9. The number of fused-ring (bicyclic) bond motifs is 1. The lowest BCUT2D eigenvalue weighted by molar-refractivity contribution is 0.269. The highest BCUT2D eigenvalue weighted by Crippen LogP contribution is 2.43. The molecular weight excluding hydrogens is 692 g/mol. The predicted octanol–water partition coefficient (Wildman–Crippen LogP) is 9.26. The zero-order valence-corrected chi connectivity index (χ0v) is 26.7. The lowest BCUT2D eigenvalue weighted by atomic mass is 10.1. The van der Waals surface area contributed by atoms with E-state index in [9.17, 15) is 4.79 Å². The third-order valence-electron chi connectivity index (χ3n) is 6.02. The average Bonchev–Trinajstić information content (AvgIpc) is 2.92. The molecule has 0 spiro atoms. The lowest BCUT2D eigenvalue weighted by Crippen LogP contribution is -2.23. The van der Waals surface area contributed by atoms with Crippen molar-refractivity contribution in [1.29, 1.82) is 0 Å². The number of ether oxygens (including phenoxy) is 2. The van der Waals surface area contributed by atoms with Gasteiger partial charge in [0.15, 0.2) is 11.5 Å². The topological polar surface area (TPSA) is 65.7 Å². The Bertz CT molecular complexity index is 1630. The highest BCUT2D eigenvalue weighted by molar-refractivity contribution is 9.10. The van der Waals surface area contributed by atoms with E-state index < -0.39 is 0 Å². The first-order valence-corrected chi connectivity index (χ1v) is 14.8. The maximum atomic E-state index is 13.5. The molecule has 0 bridgehead atoms. The van der Waals surface area contributed by atoms with Gasteiger partial charge >= 0.3 is 0 Å². The van der Waals surface area contributed by atoms with Gasteiger partial charge in [0.1, 0.15) is 17.5 Å². The first-order chi connectivity index (χ1) is 18.6. The molecule has 0 radical (unpaired) electrons. The normalized spacial score (nSPS) is 12.3. The standard InChI is InChI=1S/C28H24Br2Cl3N3O3/c1-4-15(3)27-35-22-9-7-18(29)12-19(22)28(37)36(27)34-13-17-11-23(38-5-2)26(25(33)24(17)30)39-14-16-6-8-20(31)21(32)10-16/h6-13,15H,4-5,14H2,1-3H3/t15-/m0/s1. The molecule has 4 rings (SSSR count). The summed E-state index contributed by atoms with van der Waals surface area (Å²) in [7, 11) is 0. The molecule has 0 aliphatic rings. The Balaban J connectivity index is 1.75. The van der Waals surface area contributed by atoms with Crippen molar-refractivity contribution in [1.82, 2.24) is 9.66 Å². The molecular formula is C28H24Br2Cl3N3O3. The molecule has 0 N–H and O–H groups in total. The molecule has 1 heterocycles. The summed E-state index contributed by atoms with van der Waals surface area (Å²) in [6.45, 7) is 6.50. The van der Waals surface area contributed by atoms with Gasteiger partial charge in [0.25, 0.3) is 5.56 Å². The molecule has 1 aromatic heterocycles. The van der Waals surface area contributed by atoms with E-state index in [0.717, 1.165) is 16.5 Å². The van der Waals surface area contributed by atoms with Crippen LogP contribution in [0.4, 0.5) is 0 Å². The van der Waals surface area contributed by atoms with Crippen LogP contribution < -0.4 is 15.0 Å². The molecule has 39 heavy (non-hydrogen) atoms. The number of halogens is 5. The lowest BCUT2D eigenvalue weighted by Gasteiger charge is -2.17. The minimum Gasteiger partial charge on any atom is -0.490 e. The molecule has 0 aliphatic carbocycles. The summed E-state index contributed by atoms with van der Waals surface area (Å²) >= 11 is 25.9. The van der Waals surface area contributed by atoms with Crippen LogP contribution in [0.15, 0.2) is 61.3 Å². The Morgan fingerprint density at radius 1 is 1.05 bits per heavy atom. The van der Waals surface area contributed by atoms with Crippen LogP contribution in [0.2, 0.25) is 15.1 Å². The Morgan fingerprint density at radius 2 is 1.82 bits per heavy atom. The van der Waals surface area contributed by atoms with Crippen LogP contribution in [-0.4, -0.2) is 22.5 Å². The van der Waals surface area contributed by atoms with Crippen LogP contribution in [0.3, 0.4) is 0 Å². The van der Waals surface area contributed by atoms with Crippen molar-refractivity contribution in [3.8, 4) is 11.5 Å². The summed E-state index contributed by atoms with van der Waals surface area (Å²) in [5.41, 5.74) is 1.77. The van der Waals surface area contributed by atoms with Crippen molar-refractivity contribution in [3.05, 3.63) is 93.8 Å². The van der Waals surface area contributed by atoms with Gasteiger partial charge in [0.05, 0.1) is 33.8 Å². The summed E-state index contributed by atoms with van der Waals surface area (Å²) in [6, 6.07) is 12.4. The van der Waals surface area contributed by atoms with Gasteiger partial charge in [-0.3, -0.25) is 4.79 Å². The number of hydrogen-bond donors (Lipinski definition) is 0. The zero-order chi connectivity index (χ0) is 28.3. The van der Waals surface area contributed by atoms with Crippen molar-refractivity contribution in [2.45, 2.75) is 39.7 Å². The molecule has 1 atom stereocenters. The van der Waals surface area contributed by atoms with Crippen LogP contribution in [-0.2, 0) is 6.61 Å². The third-order valence-corrected chi connectivity index (χ3v) is 8.70. The molecule has 0 amide bonds. The largest absolute Gasteiger partial charge is 0.490 e. The molecule has 204 valence electrons. The molecule has 6 nitrogen and oxygen atoms in total. The predicted molar refractivity (Wildman–Crippen MR) is 167 cm³/mol. The summed E-state index contributed by atoms with van der Waals surface area (Å²) in [6.07, 6.45) is 2.35. The second kappa shape index (κ2) is 13.0. The van der Waals surface area contributed by atoms with E-state index in [1.807, 2.05) is 39.0 Å². The van der Waals surface area contributed by atoms with Crippen LogP contribution >= 0.6 is 66.7 Å². The van der Waals surface area contributed by atoms with Gasteiger partial charge in [0, 0.05) is 20.4 Å². The van der Waals surface area contributed by atoms with Crippen molar-refractivity contribution in [3.63, 3.8) is 0 Å². The summed E-state index contributed by atoms with van der Waals surface area (Å²) in [5, 5.41) is 6.22. The average molecular weight is 717 g/mol. The third kappa shape index (κ3) is 6.63. The van der Waals surface area contributed by atoms with E-state index in [-0.39, 0.29) is 18.1 Å². The molecule has 0 unspecified atom stereocenters. The van der Waals surface area contributed by atoms with Crippen molar-refractivity contribution in [2.24, 2.45) is 5.10 Å². The molecule has 0 aliphatic heterocycles. The maximum Gasteiger partial charge on any atom is 0.282 e. The fourth-order valence-corrected chi connectivity index (χ4v) is 5.12. The van der Waals surface area contributed by atoms with E-state index in [1.54, 1.807) is 30.5 Å². The van der Waals surface area contributed by atoms with Gasteiger partial charge in [-0.15, -0.1) is 0 Å². The van der Waals surface area contributed by atoms with E-state index in [1.165, 1.54) is 4.68 Å². The Morgan fingerprint density at radius 3 is 2.51 bits per heavy atom. The summed E-state index contributed by atoms with van der Waals surface area (Å²) in [5.74, 6) is 1.37. The molecule has 3 aromatic carbocycles. The van der Waals surface area contributed by atoms with Gasteiger partial charge in [0.2, 0.25) is 0 Å². The van der Waals surface area contributed by atoms with Crippen molar-refractivity contribution >= 4 is 83.8 Å². The van der Waals surface area contributed by atoms with Crippen LogP contribution in [0.5, 0.6) is 11.5 Å². The minimum atomic E-state index is -0.262. The molecule has 0 saturated carbocycles. The van der Waals surface area contributed by atoms with Gasteiger partial charge in [-0.05, 0) is 71.2 Å². The fourth-order valence-electron chi connectivity index (χ4n) is 3.78.